The van der Waals surface area contributed by atoms with Crippen molar-refractivity contribution in [3.8, 4) is 6.07 Å². The van der Waals surface area contributed by atoms with Gasteiger partial charge in [0.25, 0.3) is 0 Å². The lowest BCUT2D eigenvalue weighted by atomic mass is 10.0. The number of nitrogens with zero attached hydrogens (tertiary/aromatic N) is 1. The van der Waals surface area contributed by atoms with Gasteiger partial charge in [0.1, 0.15) is 0 Å². The van der Waals surface area contributed by atoms with Crippen molar-refractivity contribution in [2.45, 2.75) is 13.1 Å². The van der Waals surface area contributed by atoms with E-state index >= 15 is 0 Å². The number of hydrogen-bond donors (Lipinski definition) is 0. The largest absolute Gasteiger partial charge is 0.416 e. The minimum absolute atomic E-state index is 0.224. The highest BCUT2D eigenvalue weighted by Gasteiger charge is 2.30. The number of alkyl halides is 3. The normalized spacial score (nSPS) is 12.2. The van der Waals surface area contributed by atoms with Gasteiger partial charge < -0.3 is 0 Å². The van der Waals surface area contributed by atoms with E-state index in [1.54, 1.807) is 6.08 Å². The molecule has 0 aliphatic rings. The molecule has 0 amide bonds. The van der Waals surface area contributed by atoms with Crippen molar-refractivity contribution < 1.29 is 13.2 Å². The summed E-state index contributed by atoms with van der Waals surface area (Å²) < 4.78 is 38.0. The Kier molecular flexibility index (Phi) is 3.96. The molecule has 5 heteroatoms. The number of nitriles is 1. The molecule has 2 aromatic rings. The van der Waals surface area contributed by atoms with E-state index in [9.17, 15) is 13.2 Å². The average molecular weight is 293 g/mol. The van der Waals surface area contributed by atoms with E-state index in [2.05, 4.69) is 0 Å². The Morgan fingerprint density at radius 2 is 2.05 bits per heavy atom. The van der Waals surface area contributed by atoms with E-state index < -0.39 is 11.7 Å². The molecule has 0 aliphatic heterocycles. The lowest BCUT2D eigenvalue weighted by Crippen LogP contribution is -2.04. The van der Waals surface area contributed by atoms with Crippen LogP contribution in [0, 0.1) is 18.3 Å². The van der Waals surface area contributed by atoms with Crippen LogP contribution in [0.3, 0.4) is 0 Å². The highest BCUT2D eigenvalue weighted by atomic mass is 32.1. The highest BCUT2D eigenvalue weighted by Crippen LogP contribution is 2.31. The van der Waals surface area contributed by atoms with E-state index in [1.165, 1.54) is 23.5 Å². The van der Waals surface area contributed by atoms with Crippen molar-refractivity contribution in [3.63, 3.8) is 0 Å². The molecule has 0 atom stereocenters. The number of benzene rings is 1. The van der Waals surface area contributed by atoms with Gasteiger partial charge in [-0.25, -0.2) is 0 Å². The number of allylic oxidation sites excluding steroid dienone is 1. The van der Waals surface area contributed by atoms with Crippen LogP contribution in [0.4, 0.5) is 13.2 Å². The number of hydrogen-bond acceptors (Lipinski definition) is 2. The van der Waals surface area contributed by atoms with Crippen LogP contribution in [0.5, 0.6) is 0 Å². The van der Waals surface area contributed by atoms with Crippen LogP contribution in [-0.2, 0) is 6.18 Å². The monoisotopic (exact) mass is 293 g/mol. The third kappa shape index (κ3) is 3.09. The van der Waals surface area contributed by atoms with Crippen molar-refractivity contribution in [3.05, 3.63) is 57.3 Å². The Morgan fingerprint density at radius 1 is 1.30 bits per heavy atom. The lowest BCUT2D eigenvalue weighted by molar-refractivity contribution is -0.137. The molecule has 0 saturated heterocycles. The van der Waals surface area contributed by atoms with Crippen LogP contribution in [0.15, 0.2) is 35.7 Å². The molecule has 2 rings (SSSR count). The van der Waals surface area contributed by atoms with Gasteiger partial charge in [-0.2, -0.15) is 18.4 Å². The second-order valence-electron chi connectivity index (χ2n) is 4.22. The molecular weight excluding hydrogens is 283 g/mol. The molecule has 102 valence electrons. The van der Waals surface area contributed by atoms with E-state index in [0.717, 1.165) is 22.6 Å². The van der Waals surface area contributed by atoms with Crippen molar-refractivity contribution >= 4 is 23.0 Å². The molecule has 20 heavy (non-hydrogen) atoms. The van der Waals surface area contributed by atoms with Crippen molar-refractivity contribution in [1.82, 2.24) is 0 Å². The van der Waals surface area contributed by atoms with Gasteiger partial charge in [0.2, 0.25) is 0 Å². The summed E-state index contributed by atoms with van der Waals surface area (Å²) in [4.78, 5) is 0.874. The smallest absolute Gasteiger partial charge is 0.192 e. The summed E-state index contributed by atoms with van der Waals surface area (Å²) in [5.74, 6) is 0. The number of aryl methyl sites for hydroxylation is 1. The first-order valence-electron chi connectivity index (χ1n) is 5.75. The molecule has 0 aliphatic carbocycles. The maximum absolute atomic E-state index is 12.7. The first-order valence-corrected chi connectivity index (χ1v) is 6.63. The van der Waals surface area contributed by atoms with Gasteiger partial charge in [-0.15, -0.1) is 11.3 Å². The maximum atomic E-state index is 12.7. The van der Waals surface area contributed by atoms with Gasteiger partial charge in [0.05, 0.1) is 17.2 Å². The van der Waals surface area contributed by atoms with E-state index in [-0.39, 0.29) is 11.1 Å². The Morgan fingerprint density at radius 3 is 2.60 bits per heavy atom. The summed E-state index contributed by atoms with van der Waals surface area (Å²) in [6.07, 6.45) is -2.79. The molecule has 0 bridgehead atoms. The van der Waals surface area contributed by atoms with Crippen LogP contribution in [0.25, 0.3) is 11.6 Å². The molecule has 1 aromatic carbocycles. The van der Waals surface area contributed by atoms with Crippen molar-refractivity contribution in [2.75, 3.05) is 0 Å². The summed E-state index contributed by atoms with van der Waals surface area (Å²) in [5.41, 5.74) is 0.741. The quantitative estimate of drug-likeness (QED) is 0.703. The maximum Gasteiger partial charge on any atom is 0.416 e. The summed E-state index contributed by atoms with van der Waals surface area (Å²) in [6, 6.07) is 8.67. The van der Waals surface area contributed by atoms with Gasteiger partial charge in [0.15, 0.2) is 0 Å². The first-order chi connectivity index (χ1) is 9.41. The topological polar surface area (TPSA) is 23.8 Å². The fourth-order valence-electron chi connectivity index (χ4n) is 1.71. The van der Waals surface area contributed by atoms with E-state index in [4.69, 9.17) is 5.26 Å². The predicted molar refractivity (Wildman–Crippen MR) is 74.0 cm³/mol. The number of thiophene rings is 1. The van der Waals surface area contributed by atoms with Crippen LogP contribution >= 0.6 is 11.3 Å². The Labute approximate surface area is 118 Å². The number of halogens is 3. The van der Waals surface area contributed by atoms with Gasteiger partial charge in [-0.1, -0.05) is 12.1 Å². The molecule has 0 spiro atoms. The zero-order valence-electron chi connectivity index (χ0n) is 10.5. The molecule has 0 N–H and O–H groups in total. The zero-order chi connectivity index (χ0) is 14.8. The minimum Gasteiger partial charge on any atom is -0.192 e. The predicted octanol–water partition coefficient (Wildman–Crippen LogP) is 5.14. The summed E-state index contributed by atoms with van der Waals surface area (Å²) in [5, 5.41) is 11.0. The summed E-state index contributed by atoms with van der Waals surface area (Å²) in [6.45, 7) is 1.89. The molecule has 0 radical (unpaired) electrons. The van der Waals surface area contributed by atoms with Gasteiger partial charge in [0, 0.05) is 4.88 Å². The minimum atomic E-state index is -4.41. The molecule has 0 saturated carbocycles. The Balaban J connectivity index is 2.46. The molecule has 0 unspecified atom stereocenters. The number of rotatable bonds is 2. The molecular formula is C15H10F3NS. The van der Waals surface area contributed by atoms with Crippen LogP contribution in [-0.4, -0.2) is 0 Å². The second-order valence-corrected chi connectivity index (χ2v) is 5.16. The molecule has 1 heterocycles. The molecule has 1 nitrogen and oxygen atoms in total. The van der Waals surface area contributed by atoms with Crippen LogP contribution in [0.1, 0.15) is 21.6 Å². The standard InChI is InChI=1S/C15H10F3NS/c1-10-5-6-20-14(10)8-12(9-19)11-3-2-4-13(7-11)15(16,17)18/h2-8H,1H3/b12-8-. The van der Waals surface area contributed by atoms with Crippen molar-refractivity contribution in [1.29, 1.82) is 5.26 Å². The fraction of sp³-hybridized carbons (Fsp3) is 0.133. The van der Waals surface area contributed by atoms with Gasteiger partial charge >= 0.3 is 6.18 Å². The summed E-state index contributed by atoms with van der Waals surface area (Å²) >= 11 is 1.45. The average Bonchev–Trinajstić information content (AvgIpc) is 2.80. The zero-order valence-corrected chi connectivity index (χ0v) is 11.3. The summed E-state index contributed by atoms with van der Waals surface area (Å²) in [7, 11) is 0. The van der Waals surface area contributed by atoms with Crippen molar-refractivity contribution in [2.24, 2.45) is 0 Å². The van der Waals surface area contributed by atoms with Gasteiger partial charge in [-0.3, -0.25) is 0 Å². The molecule has 1 aromatic heterocycles. The lowest BCUT2D eigenvalue weighted by Gasteiger charge is -2.08. The highest BCUT2D eigenvalue weighted by molar-refractivity contribution is 7.11. The second kappa shape index (κ2) is 5.51. The first kappa shape index (κ1) is 14.4. The van der Waals surface area contributed by atoms with Crippen LogP contribution < -0.4 is 0 Å². The third-order valence-electron chi connectivity index (χ3n) is 2.80. The SMILES string of the molecule is Cc1ccsc1/C=C(/C#N)c1cccc(C(F)(F)F)c1. The van der Waals surface area contributed by atoms with Crippen LogP contribution in [0.2, 0.25) is 0 Å². The molecule has 0 fully saturated rings. The fourth-order valence-corrected chi connectivity index (χ4v) is 2.57. The Bertz CT molecular complexity index is 690. The van der Waals surface area contributed by atoms with E-state index in [1.807, 2.05) is 24.4 Å². The Hall–Kier alpha value is -2.06. The third-order valence-corrected chi connectivity index (χ3v) is 3.76. The van der Waals surface area contributed by atoms with E-state index in [0.29, 0.717) is 0 Å². The van der Waals surface area contributed by atoms with Gasteiger partial charge in [-0.05, 0) is 47.7 Å².